The number of aliphatic carboxylic acids is 1. The Morgan fingerprint density at radius 2 is 1.59 bits per heavy atom. The predicted octanol–water partition coefficient (Wildman–Crippen LogP) is 3.43. The number of carboxylic acids is 1. The van der Waals surface area contributed by atoms with Crippen LogP contribution in [0.2, 0.25) is 0 Å². The third-order valence-corrected chi connectivity index (χ3v) is 3.01. The van der Waals surface area contributed by atoms with Gasteiger partial charge in [-0.1, -0.05) is 45.4 Å². The predicted molar refractivity (Wildman–Crippen MR) is 64.3 cm³/mol. The first-order chi connectivity index (χ1) is 8.21. The molecule has 0 aromatic carbocycles. The second-order valence-corrected chi connectivity index (χ2v) is 4.44. The summed E-state index contributed by atoms with van der Waals surface area (Å²) in [5.41, 5.74) is 0. The van der Waals surface area contributed by atoms with E-state index >= 15 is 0 Å². The Bertz CT molecular complexity index is 252. The highest BCUT2D eigenvalue weighted by atomic mass is 16.7. The molecule has 0 saturated carbocycles. The standard InChI is InChI=1S/C13H22O4/c1-2-3-4-5-6-7-8-9-13(12(14)15)16-10-11-17-13/h10-11H,2-9H2,1H3,(H,14,15). The number of ether oxygens (including phenoxy) is 2. The Balaban J connectivity index is 2.10. The summed E-state index contributed by atoms with van der Waals surface area (Å²) < 4.78 is 10.1. The van der Waals surface area contributed by atoms with Gasteiger partial charge in [-0.15, -0.1) is 0 Å². The minimum Gasteiger partial charge on any atom is -0.475 e. The van der Waals surface area contributed by atoms with Crippen LogP contribution in [0, 0.1) is 0 Å². The maximum absolute atomic E-state index is 11.0. The molecule has 1 aliphatic rings. The number of rotatable bonds is 9. The number of hydrogen-bond acceptors (Lipinski definition) is 3. The molecule has 0 aliphatic carbocycles. The molecule has 4 heteroatoms. The van der Waals surface area contributed by atoms with Gasteiger partial charge in [0.1, 0.15) is 12.5 Å². The summed E-state index contributed by atoms with van der Waals surface area (Å²) in [5.74, 6) is -2.50. The molecule has 1 N–H and O–H groups in total. The van der Waals surface area contributed by atoms with E-state index in [2.05, 4.69) is 6.92 Å². The van der Waals surface area contributed by atoms with E-state index in [9.17, 15) is 4.79 Å². The second kappa shape index (κ2) is 7.20. The molecule has 0 amide bonds. The molecule has 98 valence electrons. The van der Waals surface area contributed by atoms with E-state index in [-0.39, 0.29) is 0 Å². The van der Waals surface area contributed by atoms with Gasteiger partial charge in [0, 0.05) is 6.42 Å². The molecule has 1 rings (SSSR count). The van der Waals surface area contributed by atoms with E-state index < -0.39 is 11.8 Å². The maximum atomic E-state index is 11.0. The topological polar surface area (TPSA) is 55.8 Å². The van der Waals surface area contributed by atoms with Gasteiger partial charge in [0.05, 0.1) is 0 Å². The Morgan fingerprint density at radius 1 is 1.06 bits per heavy atom. The third kappa shape index (κ3) is 4.29. The largest absolute Gasteiger partial charge is 0.475 e. The van der Waals surface area contributed by atoms with Gasteiger partial charge in [-0.3, -0.25) is 0 Å². The van der Waals surface area contributed by atoms with E-state index in [0.29, 0.717) is 6.42 Å². The summed E-state index contributed by atoms with van der Waals surface area (Å²) in [6, 6.07) is 0. The first-order valence-corrected chi connectivity index (χ1v) is 6.45. The SMILES string of the molecule is CCCCCCCCCC1(C(=O)O)OC=CO1. The lowest BCUT2D eigenvalue weighted by molar-refractivity contribution is -0.197. The monoisotopic (exact) mass is 242 g/mol. The van der Waals surface area contributed by atoms with Gasteiger partial charge in [0.25, 0.3) is 0 Å². The number of unbranched alkanes of at least 4 members (excludes halogenated alkanes) is 6. The Labute approximate surface area is 103 Å². The van der Waals surface area contributed by atoms with Gasteiger partial charge in [-0.25, -0.2) is 4.79 Å². The van der Waals surface area contributed by atoms with Crippen LogP contribution in [-0.4, -0.2) is 16.9 Å². The highest BCUT2D eigenvalue weighted by Gasteiger charge is 2.44. The van der Waals surface area contributed by atoms with Crippen molar-refractivity contribution in [3.05, 3.63) is 12.5 Å². The fraction of sp³-hybridized carbons (Fsp3) is 0.769. The van der Waals surface area contributed by atoms with Crippen molar-refractivity contribution in [2.24, 2.45) is 0 Å². The molecule has 0 spiro atoms. The molecular formula is C13H22O4. The summed E-state index contributed by atoms with van der Waals surface area (Å²) in [6.07, 6.45) is 11.1. The lowest BCUT2D eigenvalue weighted by atomic mass is 10.0. The summed E-state index contributed by atoms with van der Waals surface area (Å²) in [6.45, 7) is 2.19. The fourth-order valence-electron chi connectivity index (χ4n) is 1.94. The number of hydrogen-bond donors (Lipinski definition) is 1. The summed E-state index contributed by atoms with van der Waals surface area (Å²) in [5, 5.41) is 9.05. The zero-order valence-corrected chi connectivity index (χ0v) is 10.5. The van der Waals surface area contributed by atoms with E-state index in [0.717, 1.165) is 19.3 Å². The number of carbonyl (C=O) groups is 1. The first-order valence-electron chi connectivity index (χ1n) is 6.45. The first kappa shape index (κ1) is 13.9. The zero-order valence-electron chi connectivity index (χ0n) is 10.5. The van der Waals surface area contributed by atoms with E-state index in [1.165, 1.54) is 38.2 Å². The van der Waals surface area contributed by atoms with E-state index in [1.54, 1.807) is 0 Å². The molecule has 17 heavy (non-hydrogen) atoms. The van der Waals surface area contributed by atoms with Crippen LogP contribution >= 0.6 is 0 Å². The normalized spacial score (nSPS) is 16.5. The van der Waals surface area contributed by atoms with Crippen molar-refractivity contribution < 1.29 is 19.4 Å². The Hall–Kier alpha value is -1.19. The zero-order chi connectivity index (χ0) is 12.6. The molecular weight excluding hydrogens is 220 g/mol. The summed E-state index contributed by atoms with van der Waals surface area (Å²) in [4.78, 5) is 11.0. The van der Waals surface area contributed by atoms with Crippen molar-refractivity contribution >= 4 is 5.97 Å². The lowest BCUT2D eigenvalue weighted by Gasteiger charge is -2.22. The summed E-state index contributed by atoms with van der Waals surface area (Å²) >= 11 is 0. The molecule has 0 saturated heterocycles. The Kier molecular flexibility index (Phi) is 5.87. The average molecular weight is 242 g/mol. The van der Waals surface area contributed by atoms with Crippen LogP contribution in [0.1, 0.15) is 58.3 Å². The van der Waals surface area contributed by atoms with Crippen molar-refractivity contribution in [3.8, 4) is 0 Å². The highest BCUT2D eigenvalue weighted by Crippen LogP contribution is 2.27. The van der Waals surface area contributed by atoms with Gasteiger partial charge in [0.15, 0.2) is 0 Å². The van der Waals surface area contributed by atoms with Crippen molar-refractivity contribution in [3.63, 3.8) is 0 Å². The van der Waals surface area contributed by atoms with Crippen LogP contribution in [0.15, 0.2) is 12.5 Å². The quantitative estimate of drug-likeness (QED) is 0.629. The molecule has 0 bridgehead atoms. The molecule has 0 fully saturated rings. The minimum atomic E-state index is -1.45. The van der Waals surface area contributed by atoms with Crippen LogP contribution in [0.5, 0.6) is 0 Å². The molecule has 0 radical (unpaired) electrons. The Morgan fingerprint density at radius 3 is 2.12 bits per heavy atom. The van der Waals surface area contributed by atoms with Crippen LogP contribution in [0.25, 0.3) is 0 Å². The van der Waals surface area contributed by atoms with Gasteiger partial charge < -0.3 is 14.6 Å². The van der Waals surface area contributed by atoms with Crippen LogP contribution < -0.4 is 0 Å². The van der Waals surface area contributed by atoms with Crippen LogP contribution in [-0.2, 0) is 14.3 Å². The molecule has 1 heterocycles. The van der Waals surface area contributed by atoms with Crippen molar-refractivity contribution in [2.75, 3.05) is 0 Å². The third-order valence-electron chi connectivity index (χ3n) is 3.01. The average Bonchev–Trinajstić information content (AvgIpc) is 2.78. The highest BCUT2D eigenvalue weighted by molar-refractivity contribution is 5.76. The lowest BCUT2D eigenvalue weighted by Crippen LogP contribution is -2.39. The van der Waals surface area contributed by atoms with Gasteiger partial charge in [-0.2, -0.15) is 0 Å². The van der Waals surface area contributed by atoms with Crippen LogP contribution in [0.3, 0.4) is 0 Å². The van der Waals surface area contributed by atoms with Crippen molar-refractivity contribution in [2.45, 2.75) is 64.1 Å². The second-order valence-electron chi connectivity index (χ2n) is 4.44. The van der Waals surface area contributed by atoms with Gasteiger partial charge >= 0.3 is 11.8 Å². The minimum absolute atomic E-state index is 0.406. The van der Waals surface area contributed by atoms with Crippen LogP contribution in [0.4, 0.5) is 0 Å². The van der Waals surface area contributed by atoms with E-state index in [4.69, 9.17) is 14.6 Å². The maximum Gasteiger partial charge on any atom is 0.390 e. The van der Waals surface area contributed by atoms with Gasteiger partial charge in [0.2, 0.25) is 0 Å². The fourth-order valence-corrected chi connectivity index (χ4v) is 1.94. The van der Waals surface area contributed by atoms with E-state index in [1.807, 2.05) is 0 Å². The summed E-state index contributed by atoms with van der Waals surface area (Å²) in [7, 11) is 0. The molecule has 0 aromatic heterocycles. The van der Waals surface area contributed by atoms with Crippen molar-refractivity contribution in [1.29, 1.82) is 0 Å². The molecule has 0 unspecified atom stereocenters. The molecule has 4 nitrogen and oxygen atoms in total. The smallest absolute Gasteiger partial charge is 0.390 e. The molecule has 0 atom stereocenters. The molecule has 1 aliphatic heterocycles. The van der Waals surface area contributed by atoms with Gasteiger partial charge in [-0.05, 0) is 6.42 Å². The van der Waals surface area contributed by atoms with Crippen molar-refractivity contribution in [1.82, 2.24) is 0 Å². The molecule has 0 aromatic rings. The number of carboxylic acid groups (broad SMARTS) is 1.